The predicted octanol–water partition coefficient (Wildman–Crippen LogP) is 3.04. The monoisotopic (exact) mass is 265 g/mol. The number of nitrogens with zero attached hydrogens (tertiary/aromatic N) is 1. The van der Waals surface area contributed by atoms with Crippen LogP contribution >= 0.6 is 11.3 Å². The van der Waals surface area contributed by atoms with Crippen molar-refractivity contribution in [2.45, 2.75) is 38.8 Å². The highest BCUT2D eigenvalue weighted by molar-refractivity contribution is 7.09. The molecule has 2 nitrogen and oxygen atoms in total. The van der Waals surface area contributed by atoms with E-state index in [2.05, 4.69) is 43.3 Å². The molecule has 2 fully saturated rings. The molecule has 3 heteroatoms. The van der Waals surface area contributed by atoms with Crippen LogP contribution in [-0.2, 0) is 11.2 Å². The van der Waals surface area contributed by atoms with Crippen molar-refractivity contribution in [3.8, 4) is 0 Å². The largest absolute Gasteiger partial charge is 0.377 e. The van der Waals surface area contributed by atoms with Crippen LogP contribution in [0.15, 0.2) is 17.5 Å². The van der Waals surface area contributed by atoms with Gasteiger partial charge < -0.3 is 9.64 Å². The summed E-state index contributed by atoms with van der Waals surface area (Å²) in [4.78, 5) is 4.06. The predicted molar refractivity (Wildman–Crippen MR) is 76.1 cm³/mol. The van der Waals surface area contributed by atoms with E-state index >= 15 is 0 Å². The zero-order valence-electron chi connectivity index (χ0n) is 11.6. The second kappa shape index (κ2) is 4.62. The van der Waals surface area contributed by atoms with Gasteiger partial charge in [0.1, 0.15) is 0 Å². The van der Waals surface area contributed by atoms with E-state index < -0.39 is 0 Å². The fraction of sp³-hybridized carbons (Fsp3) is 0.733. The van der Waals surface area contributed by atoms with Crippen LogP contribution in [0.25, 0.3) is 0 Å². The Hall–Kier alpha value is -0.380. The normalized spacial score (nSPS) is 33.4. The molecule has 0 spiro atoms. The molecule has 18 heavy (non-hydrogen) atoms. The molecule has 1 saturated heterocycles. The lowest BCUT2D eigenvalue weighted by molar-refractivity contribution is -0.149. The van der Waals surface area contributed by atoms with E-state index in [9.17, 15) is 0 Å². The van der Waals surface area contributed by atoms with Gasteiger partial charge in [-0.25, -0.2) is 0 Å². The van der Waals surface area contributed by atoms with Crippen LogP contribution < -0.4 is 0 Å². The minimum absolute atomic E-state index is 0.325. The first-order chi connectivity index (χ1) is 8.60. The van der Waals surface area contributed by atoms with Crippen molar-refractivity contribution < 1.29 is 4.74 Å². The molecule has 2 heterocycles. The van der Waals surface area contributed by atoms with Gasteiger partial charge in [-0.1, -0.05) is 19.9 Å². The lowest BCUT2D eigenvalue weighted by Gasteiger charge is -2.58. The Labute approximate surface area is 114 Å². The molecule has 0 N–H and O–H groups in total. The van der Waals surface area contributed by atoms with E-state index in [1.807, 2.05) is 11.3 Å². The molecule has 0 unspecified atom stereocenters. The second-order valence-electron chi connectivity index (χ2n) is 6.32. The van der Waals surface area contributed by atoms with E-state index in [-0.39, 0.29) is 0 Å². The molecule has 2 aliphatic rings. The van der Waals surface area contributed by atoms with Crippen LogP contribution in [0.2, 0.25) is 0 Å². The van der Waals surface area contributed by atoms with Gasteiger partial charge in [0.25, 0.3) is 0 Å². The first-order valence-electron chi connectivity index (χ1n) is 6.95. The van der Waals surface area contributed by atoms with Gasteiger partial charge in [0.2, 0.25) is 0 Å². The minimum atomic E-state index is 0.325. The number of hydrogen-bond acceptors (Lipinski definition) is 3. The summed E-state index contributed by atoms with van der Waals surface area (Å²) in [6.07, 6.45) is 2.94. The first kappa shape index (κ1) is 12.6. The summed E-state index contributed by atoms with van der Waals surface area (Å²) in [6.45, 7) is 6.86. The highest BCUT2D eigenvalue weighted by atomic mass is 32.1. The van der Waals surface area contributed by atoms with Gasteiger partial charge in [-0.05, 0) is 31.3 Å². The molecule has 3 rings (SSSR count). The molecule has 1 aromatic heterocycles. The minimum Gasteiger partial charge on any atom is -0.377 e. The van der Waals surface area contributed by atoms with Crippen molar-refractivity contribution in [3.05, 3.63) is 22.4 Å². The number of hydrogen-bond donors (Lipinski definition) is 0. The van der Waals surface area contributed by atoms with Crippen LogP contribution in [0.4, 0.5) is 0 Å². The number of ether oxygens (including phenoxy) is 1. The van der Waals surface area contributed by atoms with Crippen LogP contribution in [0.3, 0.4) is 0 Å². The molecule has 3 atom stereocenters. The zero-order chi connectivity index (χ0) is 12.8. The van der Waals surface area contributed by atoms with Gasteiger partial charge in [-0.15, -0.1) is 11.3 Å². The van der Waals surface area contributed by atoms with Crippen molar-refractivity contribution in [2.24, 2.45) is 11.3 Å². The summed E-state index contributed by atoms with van der Waals surface area (Å²) < 4.78 is 5.87. The van der Waals surface area contributed by atoms with Crippen molar-refractivity contribution in [1.82, 2.24) is 4.90 Å². The van der Waals surface area contributed by atoms with E-state index in [1.165, 1.54) is 17.7 Å². The highest BCUT2D eigenvalue weighted by Crippen LogP contribution is 2.54. The maximum atomic E-state index is 5.87. The molecule has 0 aromatic carbocycles. The Balaban J connectivity index is 1.60. The lowest BCUT2D eigenvalue weighted by Crippen LogP contribution is -2.66. The number of rotatable bonds is 4. The SMILES string of the molecule is CN(CCc1cccs1)[C@@H]1[C@@H]2CCO[C@H]2C1(C)C. The number of likely N-dealkylation sites (N-methyl/N-ethyl adjacent to an activating group) is 1. The Morgan fingerprint density at radius 2 is 2.33 bits per heavy atom. The molecule has 100 valence electrons. The number of fused-ring (bicyclic) bond motifs is 1. The fourth-order valence-corrected chi connectivity index (χ4v) is 4.77. The molecule has 0 radical (unpaired) electrons. The third-order valence-electron chi connectivity index (χ3n) is 4.80. The zero-order valence-corrected chi connectivity index (χ0v) is 12.4. The summed E-state index contributed by atoms with van der Waals surface area (Å²) in [6, 6.07) is 5.09. The summed E-state index contributed by atoms with van der Waals surface area (Å²) in [5.41, 5.74) is 0.325. The van der Waals surface area contributed by atoms with Crippen molar-refractivity contribution in [2.75, 3.05) is 20.2 Å². The lowest BCUT2D eigenvalue weighted by atomic mass is 9.57. The standard InChI is InChI=1S/C15H23NOS/c1-15(2)13(12-7-9-17-14(12)15)16(3)8-6-11-5-4-10-18-11/h4-5,10,12-14H,6-9H2,1-3H3/t12-,13+,14+/m0/s1. The fourth-order valence-electron chi connectivity index (χ4n) is 4.07. The Morgan fingerprint density at radius 3 is 3.06 bits per heavy atom. The molecule has 0 amide bonds. The molecule has 1 aromatic rings. The summed E-state index contributed by atoms with van der Waals surface area (Å²) in [5.74, 6) is 0.772. The van der Waals surface area contributed by atoms with Gasteiger partial charge in [-0.2, -0.15) is 0 Å². The van der Waals surface area contributed by atoms with E-state index in [1.54, 1.807) is 0 Å². The molecule has 0 bridgehead atoms. The van der Waals surface area contributed by atoms with Gasteiger partial charge in [0, 0.05) is 35.4 Å². The molecule has 1 aliphatic carbocycles. The van der Waals surface area contributed by atoms with Crippen LogP contribution in [0.1, 0.15) is 25.1 Å². The number of thiophene rings is 1. The molecular formula is C15H23NOS. The van der Waals surface area contributed by atoms with Crippen molar-refractivity contribution >= 4 is 11.3 Å². The summed E-state index contributed by atoms with van der Waals surface area (Å²) in [7, 11) is 2.29. The average Bonchev–Trinajstić information content (AvgIpc) is 2.95. The topological polar surface area (TPSA) is 12.5 Å². The smallest absolute Gasteiger partial charge is 0.0685 e. The van der Waals surface area contributed by atoms with Crippen molar-refractivity contribution in [3.63, 3.8) is 0 Å². The van der Waals surface area contributed by atoms with Crippen LogP contribution in [0, 0.1) is 11.3 Å². The molecule has 1 aliphatic heterocycles. The highest BCUT2D eigenvalue weighted by Gasteiger charge is 2.60. The van der Waals surface area contributed by atoms with Crippen LogP contribution in [-0.4, -0.2) is 37.2 Å². The summed E-state index contributed by atoms with van der Waals surface area (Å²) >= 11 is 1.87. The third-order valence-corrected chi connectivity index (χ3v) is 5.74. The maximum Gasteiger partial charge on any atom is 0.0685 e. The van der Waals surface area contributed by atoms with Gasteiger partial charge >= 0.3 is 0 Å². The van der Waals surface area contributed by atoms with E-state index in [4.69, 9.17) is 4.74 Å². The Bertz CT molecular complexity index is 401. The van der Waals surface area contributed by atoms with Gasteiger partial charge in [0.05, 0.1) is 6.10 Å². The third kappa shape index (κ3) is 1.93. The summed E-state index contributed by atoms with van der Waals surface area (Å²) in [5, 5.41) is 2.17. The first-order valence-corrected chi connectivity index (χ1v) is 7.83. The average molecular weight is 265 g/mol. The molecule has 1 saturated carbocycles. The van der Waals surface area contributed by atoms with Crippen molar-refractivity contribution in [1.29, 1.82) is 0 Å². The van der Waals surface area contributed by atoms with E-state index in [0.717, 1.165) is 19.1 Å². The van der Waals surface area contributed by atoms with E-state index in [0.29, 0.717) is 17.6 Å². The maximum absolute atomic E-state index is 5.87. The van der Waals surface area contributed by atoms with Crippen LogP contribution in [0.5, 0.6) is 0 Å². The molecular weight excluding hydrogens is 242 g/mol. The second-order valence-corrected chi connectivity index (χ2v) is 7.35. The quantitative estimate of drug-likeness (QED) is 0.829. The van der Waals surface area contributed by atoms with Gasteiger partial charge in [0.15, 0.2) is 0 Å². The Kier molecular flexibility index (Phi) is 3.25. The van der Waals surface area contributed by atoms with Gasteiger partial charge in [-0.3, -0.25) is 0 Å². The Morgan fingerprint density at radius 1 is 1.50 bits per heavy atom.